The van der Waals surface area contributed by atoms with Crippen LogP contribution >= 0.6 is 0 Å². The van der Waals surface area contributed by atoms with E-state index in [-0.39, 0.29) is 17.1 Å². The lowest BCUT2D eigenvalue weighted by Crippen LogP contribution is -2.25. The zero-order chi connectivity index (χ0) is 15.1. The maximum absolute atomic E-state index is 14.2. The molecule has 108 valence electrons. The van der Waals surface area contributed by atoms with Crippen LogP contribution in [0.4, 0.5) is 25.8 Å². The van der Waals surface area contributed by atoms with Crippen LogP contribution in [-0.2, 0) is 13.0 Å². The minimum atomic E-state index is -0.974. The van der Waals surface area contributed by atoms with Gasteiger partial charge in [0.2, 0.25) is 5.82 Å². The average molecular weight is 289 g/mol. The van der Waals surface area contributed by atoms with Crippen molar-refractivity contribution in [2.75, 3.05) is 11.1 Å². The summed E-state index contributed by atoms with van der Waals surface area (Å²) >= 11 is 0. The number of nitrogen functional groups attached to an aromatic ring is 1. The second-order valence-corrected chi connectivity index (χ2v) is 5.22. The number of hydrogen-bond acceptors (Lipinski definition) is 3. The quantitative estimate of drug-likeness (QED) is 0.798. The predicted octanol–water partition coefficient (Wildman–Crippen LogP) is 0.657. The molecule has 0 atom stereocenters. The maximum Gasteiger partial charge on any atom is 0.289 e. The Labute approximate surface area is 121 Å². The summed E-state index contributed by atoms with van der Waals surface area (Å²) in [5, 5.41) is 2.62. The van der Waals surface area contributed by atoms with Crippen molar-refractivity contribution in [2.24, 2.45) is 0 Å². The molecule has 2 aromatic rings. The van der Waals surface area contributed by atoms with E-state index >= 15 is 0 Å². The van der Waals surface area contributed by atoms with Gasteiger partial charge in [0.1, 0.15) is 19.4 Å². The van der Waals surface area contributed by atoms with Gasteiger partial charge in [0.15, 0.2) is 0 Å². The maximum atomic E-state index is 14.2. The first-order valence-corrected chi connectivity index (χ1v) is 6.73. The van der Waals surface area contributed by atoms with Crippen molar-refractivity contribution < 1.29 is 8.78 Å². The zero-order valence-corrected chi connectivity index (χ0v) is 11.5. The van der Waals surface area contributed by atoms with Crippen LogP contribution in [0.15, 0.2) is 23.0 Å². The van der Waals surface area contributed by atoms with Gasteiger partial charge in [0.05, 0.1) is 11.4 Å². The van der Waals surface area contributed by atoms with Gasteiger partial charge in [-0.15, -0.1) is 0 Å². The van der Waals surface area contributed by atoms with Crippen molar-refractivity contribution in [3.8, 4) is 0 Å². The third-order valence-electron chi connectivity index (χ3n) is 3.74. The summed E-state index contributed by atoms with van der Waals surface area (Å²) in [6.07, 6.45) is 1.37. The van der Waals surface area contributed by atoms with Crippen LogP contribution in [0.5, 0.6) is 0 Å². The standard InChI is InChI=1S/C14H14BF2N3O/c15-7-3-4-9(8(16)6-7)19-13-11(17)14(21)20-5-1-2-10(20)12(13)18/h3-4,6,19H,1-2,5,15,18H2. The van der Waals surface area contributed by atoms with Gasteiger partial charge in [0, 0.05) is 12.2 Å². The molecule has 0 saturated heterocycles. The number of nitrogens with two attached hydrogens (primary N) is 1. The number of nitrogens with one attached hydrogen (secondary N) is 1. The highest BCUT2D eigenvalue weighted by Gasteiger charge is 2.23. The first-order chi connectivity index (χ1) is 9.99. The molecule has 0 spiro atoms. The highest BCUT2D eigenvalue weighted by molar-refractivity contribution is 6.32. The number of fused-ring (bicyclic) bond motifs is 1. The molecule has 3 rings (SSSR count). The molecule has 4 nitrogen and oxygen atoms in total. The second-order valence-electron chi connectivity index (χ2n) is 5.22. The third kappa shape index (κ3) is 2.18. The molecule has 21 heavy (non-hydrogen) atoms. The van der Waals surface area contributed by atoms with E-state index in [1.165, 1.54) is 16.7 Å². The summed E-state index contributed by atoms with van der Waals surface area (Å²) in [5.74, 6) is -1.49. The van der Waals surface area contributed by atoms with E-state index in [0.29, 0.717) is 18.7 Å². The number of benzene rings is 1. The Bertz CT molecular complexity index is 789. The van der Waals surface area contributed by atoms with Crippen molar-refractivity contribution in [1.29, 1.82) is 0 Å². The Hall–Kier alpha value is -2.31. The molecule has 1 aliphatic rings. The Kier molecular flexibility index (Phi) is 3.20. The monoisotopic (exact) mass is 289 g/mol. The molecule has 3 N–H and O–H groups in total. The van der Waals surface area contributed by atoms with Crippen LogP contribution < -0.4 is 22.1 Å². The SMILES string of the molecule is Bc1ccc(Nc2c(N)c3n(c(=O)c2F)CCC3)c(F)c1. The topological polar surface area (TPSA) is 60.0 Å². The van der Waals surface area contributed by atoms with Crippen molar-refractivity contribution in [1.82, 2.24) is 4.57 Å². The summed E-state index contributed by atoms with van der Waals surface area (Å²) in [6.45, 7) is 0.467. The van der Waals surface area contributed by atoms with Crippen LogP contribution in [0.1, 0.15) is 12.1 Å². The predicted molar refractivity (Wildman–Crippen MR) is 81.3 cm³/mol. The van der Waals surface area contributed by atoms with Crippen molar-refractivity contribution in [3.63, 3.8) is 0 Å². The third-order valence-corrected chi connectivity index (χ3v) is 3.74. The summed E-state index contributed by atoms with van der Waals surface area (Å²) in [4.78, 5) is 12.0. The van der Waals surface area contributed by atoms with E-state index in [0.717, 1.165) is 11.9 Å². The number of anilines is 3. The van der Waals surface area contributed by atoms with E-state index < -0.39 is 17.2 Å². The molecular weight excluding hydrogens is 275 g/mol. The minimum Gasteiger partial charge on any atom is -0.396 e. The average Bonchev–Trinajstić information content (AvgIpc) is 2.93. The molecule has 0 fully saturated rings. The normalized spacial score (nSPS) is 13.2. The molecule has 7 heteroatoms. The highest BCUT2D eigenvalue weighted by Crippen LogP contribution is 2.31. The Morgan fingerprint density at radius 3 is 2.81 bits per heavy atom. The van der Waals surface area contributed by atoms with E-state index in [4.69, 9.17) is 5.73 Å². The first kappa shape index (κ1) is 13.7. The smallest absolute Gasteiger partial charge is 0.289 e. The molecule has 0 bridgehead atoms. The Morgan fingerprint density at radius 1 is 1.33 bits per heavy atom. The van der Waals surface area contributed by atoms with Crippen LogP contribution in [0.2, 0.25) is 0 Å². The van der Waals surface area contributed by atoms with Crippen LogP contribution in [0.3, 0.4) is 0 Å². The molecule has 2 heterocycles. The fraction of sp³-hybridized carbons (Fsp3) is 0.214. The summed E-state index contributed by atoms with van der Waals surface area (Å²) in [6, 6.07) is 4.52. The van der Waals surface area contributed by atoms with E-state index in [9.17, 15) is 13.6 Å². The van der Waals surface area contributed by atoms with E-state index in [1.54, 1.807) is 13.9 Å². The number of halogens is 2. The van der Waals surface area contributed by atoms with Gasteiger partial charge in [-0.2, -0.15) is 4.39 Å². The highest BCUT2D eigenvalue weighted by atomic mass is 19.1. The Balaban J connectivity index is 2.11. The lowest BCUT2D eigenvalue weighted by Gasteiger charge is -2.15. The van der Waals surface area contributed by atoms with Crippen molar-refractivity contribution >= 4 is 30.4 Å². The van der Waals surface area contributed by atoms with E-state index in [1.807, 2.05) is 0 Å². The summed E-state index contributed by atoms with van der Waals surface area (Å²) in [5.41, 5.74) is 6.71. The van der Waals surface area contributed by atoms with Gasteiger partial charge in [-0.1, -0.05) is 11.5 Å². The van der Waals surface area contributed by atoms with Gasteiger partial charge in [0.25, 0.3) is 5.56 Å². The molecule has 0 amide bonds. The fourth-order valence-corrected chi connectivity index (χ4v) is 2.65. The lowest BCUT2D eigenvalue weighted by molar-refractivity contribution is 0.582. The second kappa shape index (κ2) is 4.91. The zero-order valence-electron chi connectivity index (χ0n) is 11.5. The van der Waals surface area contributed by atoms with Gasteiger partial charge in [-0.05, 0) is 25.0 Å². The molecular formula is C14H14BF2N3O. The minimum absolute atomic E-state index is 0.0912. The molecule has 1 aliphatic heterocycles. The molecule has 0 unspecified atom stereocenters. The first-order valence-electron chi connectivity index (χ1n) is 6.73. The number of rotatable bonds is 2. The molecule has 1 aromatic carbocycles. The lowest BCUT2D eigenvalue weighted by atomic mass is 9.96. The number of hydrogen-bond donors (Lipinski definition) is 2. The largest absolute Gasteiger partial charge is 0.396 e. The van der Waals surface area contributed by atoms with Crippen LogP contribution in [-0.4, -0.2) is 12.4 Å². The molecule has 1 aromatic heterocycles. The molecule has 0 aliphatic carbocycles. The fourth-order valence-electron chi connectivity index (χ4n) is 2.65. The van der Waals surface area contributed by atoms with Crippen LogP contribution in [0, 0.1) is 11.6 Å². The number of pyridine rings is 1. The van der Waals surface area contributed by atoms with Gasteiger partial charge in [-0.3, -0.25) is 4.79 Å². The van der Waals surface area contributed by atoms with Gasteiger partial charge >= 0.3 is 0 Å². The molecule has 0 radical (unpaired) electrons. The molecule has 0 saturated carbocycles. The van der Waals surface area contributed by atoms with Crippen LogP contribution in [0.25, 0.3) is 0 Å². The van der Waals surface area contributed by atoms with Gasteiger partial charge in [-0.25, -0.2) is 4.39 Å². The summed E-state index contributed by atoms with van der Waals surface area (Å²) in [7, 11) is 1.75. The Morgan fingerprint density at radius 2 is 2.10 bits per heavy atom. The number of aromatic nitrogens is 1. The number of nitrogens with zero attached hydrogens (tertiary/aromatic N) is 1. The van der Waals surface area contributed by atoms with Gasteiger partial charge < -0.3 is 15.6 Å². The van der Waals surface area contributed by atoms with Crippen molar-refractivity contribution in [3.05, 3.63) is 45.9 Å². The van der Waals surface area contributed by atoms with E-state index in [2.05, 4.69) is 5.32 Å². The van der Waals surface area contributed by atoms with Crippen molar-refractivity contribution in [2.45, 2.75) is 19.4 Å². The summed E-state index contributed by atoms with van der Waals surface area (Å²) < 4.78 is 29.4.